The normalized spacial score (nSPS) is 10.8. The molecule has 0 N–H and O–H groups in total. The van der Waals surface area contributed by atoms with Gasteiger partial charge in [-0.3, -0.25) is 9.59 Å². The second-order valence-electron chi connectivity index (χ2n) is 6.88. The van der Waals surface area contributed by atoms with E-state index >= 15 is 0 Å². The number of para-hydroxylation sites is 1. The Morgan fingerprint density at radius 2 is 1.73 bits per heavy atom. The molecule has 0 fully saturated rings. The van der Waals surface area contributed by atoms with Gasteiger partial charge in [0.15, 0.2) is 11.8 Å². The largest absolute Gasteiger partial charge is 0.457 e. The summed E-state index contributed by atoms with van der Waals surface area (Å²) in [7, 11) is 0. The number of esters is 1. The van der Waals surface area contributed by atoms with Crippen LogP contribution in [0.2, 0.25) is 0 Å². The van der Waals surface area contributed by atoms with E-state index in [-0.39, 0.29) is 24.0 Å². The molecule has 2 aromatic heterocycles. The second-order valence-corrected chi connectivity index (χ2v) is 7.82. The van der Waals surface area contributed by atoms with E-state index in [0.29, 0.717) is 22.1 Å². The van der Waals surface area contributed by atoms with E-state index in [2.05, 4.69) is 9.97 Å². The van der Waals surface area contributed by atoms with Gasteiger partial charge in [0.05, 0.1) is 11.4 Å². The number of Topliss-reactive ketones (excluding diaryl/α,β-unsaturated/α-hetero) is 1. The Morgan fingerprint density at radius 1 is 1.07 bits per heavy atom. The molecule has 0 unspecified atom stereocenters. The highest BCUT2D eigenvalue weighted by Crippen LogP contribution is 2.23. The molecule has 30 heavy (non-hydrogen) atoms. The van der Waals surface area contributed by atoms with E-state index in [0.717, 1.165) is 28.8 Å². The van der Waals surface area contributed by atoms with Gasteiger partial charge in [-0.2, -0.15) is 0 Å². The highest BCUT2D eigenvalue weighted by atomic mass is 32.2. The first-order chi connectivity index (χ1) is 14.3. The fraction of sp³-hybridized carbons (Fsp3) is 0.273. The number of hydrogen-bond acceptors (Lipinski definition) is 6. The number of halogens is 1. The Balaban J connectivity index is 1.63. The van der Waals surface area contributed by atoms with Crippen molar-refractivity contribution in [1.82, 2.24) is 14.5 Å². The minimum absolute atomic E-state index is 0.00439. The number of aryl methyl sites for hydroxylation is 3. The molecular weight excluding hydrogens is 405 g/mol. The molecule has 0 aliphatic rings. The first-order valence-corrected chi connectivity index (χ1v) is 10.3. The quantitative estimate of drug-likeness (QED) is 0.244. The van der Waals surface area contributed by atoms with E-state index in [9.17, 15) is 14.0 Å². The van der Waals surface area contributed by atoms with Gasteiger partial charge in [-0.05, 0) is 52.0 Å². The highest BCUT2D eigenvalue weighted by Gasteiger charge is 2.19. The van der Waals surface area contributed by atoms with Crippen LogP contribution in [0.4, 0.5) is 4.39 Å². The lowest BCUT2D eigenvalue weighted by atomic mass is 10.1. The SMILES string of the molecule is Cc1cc(C)nc(SCC(=O)OCC(=O)c2cc(C)n(-c3ccccc3F)c2C)n1. The lowest BCUT2D eigenvalue weighted by Gasteiger charge is -2.11. The van der Waals surface area contributed by atoms with Gasteiger partial charge in [-0.15, -0.1) is 0 Å². The minimum atomic E-state index is -0.529. The fourth-order valence-corrected chi connectivity index (χ4v) is 3.94. The lowest BCUT2D eigenvalue weighted by molar-refractivity contribution is -0.139. The van der Waals surface area contributed by atoms with E-state index in [1.54, 1.807) is 42.7 Å². The van der Waals surface area contributed by atoms with Crippen molar-refractivity contribution in [1.29, 1.82) is 0 Å². The Morgan fingerprint density at radius 3 is 2.40 bits per heavy atom. The molecule has 0 saturated heterocycles. The number of nitrogens with zero attached hydrogens (tertiary/aromatic N) is 3. The number of ether oxygens (including phenoxy) is 1. The third kappa shape index (κ3) is 4.94. The third-order valence-electron chi connectivity index (χ3n) is 4.47. The standard InChI is InChI=1S/C22H22FN3O3S/c1-13-9-14(2)25-22(24-13)30-12-21(28)29-11-20(27)17-10-15(3)26(16(17)4)19-8-6-5-7-18(19)23/h5-10H,11-12H2,1-4H3. The molecule has 0 bridgehead atoms. The summed E-state index contributed by atoms with van der Waals surface area (Å²) in [6.07, 6.45) is 0. The van der Waals surface area contributed by atoms with Crippen molar-refractivity contribution < 1.29 is 18.7 Å². The summed E-state index contributed by atoms with van der Waals surface area (Å²) in [4.78, 5) is 33.1. The van der Waals surface area contributed by atoms with Crippen LogP contribution in [-0.2, 0) is 9.53 Å². The molecule has 0 aliphatic heterocycles. The Hall–Kier alpha value is -3.00. The molecule has 8 heteroatoms. The van der Waals surface area contributed by atoms with Crippen molar-refractivity contribution in [2.24, 2.45) is 0 Å². The van der Waals surface area contributed by atoms with Gasteiger partial charge < -0.3 is 9.30 Å². The van der Waals surface area contributed by atoms with Gasteiger partial charge in [0.25, 0.3) is 0 Å². The van der Waals surface area contributed by atoms with Gasteiger partial charge in [0.2, 0.25) is 5.78 Å². The zero-order chi connectivity index (χ0) is 21.8. The number of rotatable bonds is 7. The Labute approximate surface area is 178 Å². The molecule has 1 aromatic carbocycles. The van der Waals surface area contributed by atoms with E-state index in [1.807, 2.05) is 19.9 Å². The Bertz CT molecular complexity index is 1090. The molecule has 156 valence electrons. The zero-order valence-corrected chi connectivity index (χ0v) is 18.0. The number of carbonyl (C=O) groups is 2. The molecule has 2 heterocycles. The van der Waals surface area contributed by atoms with Gasteiger partial charge >= 0.3 is 5.97 Å². The minimum Gasteiger partial charge on any atom is -0.457 e. The van der Waals surface area contributed by atoms with Crippen LogP contribution in [0.5, 0.6) is 0 Å². The van der Waals surface area contributed by atoms with Gasteiger partial charge in [-0.25, -0.2) is 14.4 Å². The van der Waals surface area contributed by atoms with Gasteiger partial charge in [0, 0.05) is 28.3 Å². The second kappa shape index (κ2) is 9.21. The van der Waals surface area contributed by atoms with Crippen LogP contribution in [0.25, 0.3) is 5.69 Å². The smallest absolute Gasteiger partial charge is 0.316 e. The van der Waals surface area contributed by atoms with Gasteiger partial charge in [-0.1, -0.05) is 23.9 Å². The summed E-state index contributed by atoms with van der Waals surface area (Å²) in [6, 6.07) is 9.89. The molecule has 3 rings (SSSR count). The Kier molecular flexibility index (Phi) is 6.66. The molecule has 3 aromatic rings. The van der Waals surface area contributed by atoms with Crippen molar-refractivity contribution in [2.45, 2.75) is 32.9 Å². The first-order valence-electron chi connectivity index (χ1n) is 9.34. The topological polar surface area (TPSA) is 74.1 Å². The monoisotopic (exact) mass is 427 g/mol. The van der Waals surface area contributed by atoms with Crippen molar-refractivity contribution >= 4 is 23.5 Å². The molecular formula is C22H22FN3O3S. The number of aromatic nitrogens is 3. The summed E-state index contributed by atoms with van der Waals surface area (Å²) in [6.45, 7) is 6.86. The van der Waals surface area contributed by atoms with Crippen molar-refractivity contribution in [3.8, 4) is 5.69 Å². The molecule has 0 atom stereocenters. The summed E-state index contributed by atoms with van der Waals surface area (Å²) >= 11 is 1.16. The third-order valence-corrected chi connectivity index (χ3v) is 5.29. The maximum Gasteiger partial charge on any atom is 0.316 e. The average Bonchev–Trinajstić information content (AvgIpc) is 2.98. The lowest BCUT2D eigenvalue weighted by Crippen LogP contribution is -2.16. The number of benzene rings is 1. The number of hydrogen-bond donors (Lipinski definition) is 0. The van der Waals surface area contributed by atoms with Crippen LogP contribution in [0.3, 0.4) is 0 Å². The number of ketones is 1. The summed E-state index contributed by atoms with van der Waals surface area (Å²) in [5.74, 6) is -1.24. The summed E-state index contributed by atoms with van der Waals surface area (Å²) in [5.41, 5.74) is 3.71. The first kappa shape index (κ1) is 21.7. The van der Waals surface area contributed by atoms with E-state index in [4.69, 9.17) is 4.74 Å². The highest BCUT2D eigenvalue weighted by molar-refractivity contribution is 7.99. The van der Waals surface area contributed by atoms with Crippen molar-refractivity contribution in [2.75, 3.05) is 12.4 Å². The van der Waals surface area contributed by atoms with Crippen LogP contribution in [0.15, 0.2) is 41.6 Å². The zero-order valence-electron chi connectivity index (χ0n) is 17.2. The maximum atomic E-state index is 14.2. The predicted octanol–water partition coefficient (Wildman–Crippen LogP) is 4.16. The van der Waals surface area contributed by atoms with Crippen LogP contribution in [-0.4, -0.2) is 38.6 Å². The predicted molar refractivity (Wildman–Crippen MR) is 113 cm³/mol. The van der Waals surface area contributed by atoms with Gasteiger partial charge in [0.1, 0.15) is 5.82 Å². The number of thioether (sulfide) groups is 1. The van der Waals surface area contributed by atoms with Crippen molar-refractivity contribution in [3.05, 3.63) is 70.6 Å². The maximum absolute atomic E-state index is 14.2. The molecule has 0 amide bonds. The van der Waals surface area contributed by atoms with Crippen LogP contribution in [0, 0.1) is 33.5 Å². The molecule has 0 radical (unpaired) electrons. The van der Waals surface area contributed by atoms with Crippen LogP contribution >= 0.6 is 11.8 Å². The fourth-order valence-electron chi connectivity index (χ4n) is 3.20. The van der Waals surface area contributed by atoms with E-state index < -0.39 is 5.97 Å². The molecule has 6 nitrogen and oxygen atoms in total. The molecule has 0 spiro atoms. The molecule has 0 saturated carbocycles. The summed E-state index contributed by atoms with van der Waals surface area (Å²) < 4.78 is 21.0. The van der Waals surface area contributed by atoms with E-state index in [1.165, 1.54) is 6.07 Å². The number of carbonyl (C=O) groups excluding carboxylic acids is 2. The average molecular weight is 428 g/mol. The summed E-state index contributed by atoms with van der Waals surface area (Å²) in [5, 5.41) is 0.490. The molecule has 0 aliphatic carbocycles. The van der Waals surface area contributed by atoms with Crippen LogP contribution < -0.4 is 0 Å². The van der Waals surface area contributed by atoms with Crippen molar-refractivity contribution in [3.63, 3.8) is 0 Å². The van der Waals surface area contributed by atoms with Crippen LogP contribution in [0.1, 0.15) is 33.1 Å².